The second-order valence-electron chi connectivity index (χ2n) is 6.67. The Morgan fingerprint density at radius 1 is 0.760 bits per heavy atom. The summed E-state index contributed by atoms with van der Waals surface area (Å²) >= 11 is 0. The lowest BCUT2D eigenvalue weighted by Gasteiger charge is -2.16. The second kappa shape index (κ2) is 6.98. The molecule has 0 aromatic heterocycles. The molecule has 0 aliphatic rings. The standard InChI is InChI=1S/C21H23NO2S/c1-15(2)17-8-10-18(11-9-17)16(3)22-25(23,24)21-13-12-19-6-4-5-7-20(19)14-21/h4-16,22H,1-3H3. The summed E-state index contributed by atoms with van der Waals surface area (Å²) in [7, 11) is -3.58. The molecule has 3 aromatic rings. The van der Waals surface area contributed by atoms with Crippen LogP contribution in [-0.4, -0.2) is 8.42 Å². The fourth-order valence-electron chi connectivity index (χ4n) is 2.87. The van der Waals surface area contributed by atoms with Gasteiger partial charge in [-0.3, -0.25) is 0 Å². The molecule has 1 atom stereocenters. The van der Waals surface area contributed by atoms with Gasteiger partial charge < -0.3 is 0 Å². The second-order valence-corrected chi connectivity index (χ2v) is 8.39. The van der Waals surface area contributed by atoms with Gasteiger partial charge in [0.2, 0.25) is 10.0 Å². The monoisotopic (exact) mass is 353 g/mol. The highest BCUT2D eigenvalue weighted by Crippen LogP contribution is 2.22. The van der Waals surface area contributed by atoms with Gasteiger partial charge in [0.05, 0.1) is 4.90 Å². The lowest BCUT2D eigenvalue weighted by molar-refractivity contribution is 0.567. The fraction of sp³-hybridized carbons (Fsp3) is 0.238. The van der Waals surface area contributed by atoms with Gasteiger partial charge in [-0.1, -0.05) is 68.4 Å². The fourth-order valence-corrected chi connectivity index (χ4v) is 4.14. The average molecular weight is 353 g/mol. The van der Waals surface area contributed by atoms with Gasteiger partial charge in [-0.15, -0.1) is 0 Å². The summed E-state index contributed by atoms with van der Waals surface area (Å²) < 4.78 is 28.2. The van der Waals surface area contributed by atoms with Crippen molar-refractivity contribution in [3.05, 3.63) is 77.9 Å². The van der Waals surface area contributed by atoms with Crippen molar-refractivity contribution in [2.45, 2.75) is 37.6 Å². The number of hydrogen-bond donors (Lipinski definition) is 1. The van der Waals surface area contributed by atoms with Crippen LogP contribution in [0.2, 0.25) is 0 Å². The van der Waals surface area contributed by atoms with Crippen molar-refractivity contribution in [3.8, 4) is 0 Å². The van der Waals surface area contributed by atoms with Crippen LogP contribution in [0.25, 0.3) is 10.8 Å². The van der Waals surface area contributed by atoms with Gasteiger partial charge in [-0.2, -0.15) is 0 Å². The first-order valence-corrected chi connectivity index (χ1v) is 9.96. The molecule has 1 unspecified atom stereocenters. The zero-order chi connectivity index (χ0) is 18.0. The van der Waals surface area contributed by atoms with E-state index in [-0.39, 0.29) is 10.9 Å². The van der Waals surface area contributed by atoms with Crippen molar-refractivity contribution in [2.24, 2.45) is 0 Å². The first kappa shape index (κ1) is 17.6. The highest BCUT2D eigenvalue weighted by Gasteiger charge is 2.18. The van der Waals surface area contributed by atoms with E-state index in [1.807, 2.05) is 49.4 Å². The number of hydrogen-bond acceptors (Lipinski definition) is 2. The van der Waals surface area contributed by atoms with Gasteiger partial charge in [0.15, 0.2) is 0 Å². The molecule has 0 aliphatic carbocycles. The van der Waals surface area contributed by atoms with Crippen molar-refractivity contribution in [3.63, 3.8) is 0 Å². The molecule has 0 heterocycles. The third kappa shape index (κ3) is 3.91. The molecule has 3 rings (SSSR count). The van der Waals surface area contributed by atoms with Gasteiger partial charge >= 0.3 is 0 Å². The maximum atomic E-state index is 12.7. The van der Waals surface area contributed by atoms with E-state index in [0.717, 1.165) is 16.3 Å². The molecule has 4 heteroatoms. The molecule has 0 fully saturated rings. The average Bonchev–Trinajstić information content (AvgIpc) is 2.61. The van der Waals surface area contributed by atoms with Crippen LogP contribution >= 0.6 is 0 Å². The van der Waals surface area contributed by atoms with Crippen molar-refractivity contribution < 1.29 is 8.42 Å². The summed E-state index contributed by atoms with van der Waals surface area (Å²) in [6, 6.07) is 20.7. The van der Waals surface area contributed by atoms with Crippen molar-refractivity contribution in [1.29, 1.82) is 0 Å². The summed E-state index contributed by atoms with van der Waals surface area (Å²) in [6.07, 6.45) is 0. The molecule has 0 bridgehead atoms. The Bertz CT molecular complexity index is 976. The first-order valence-electron chi connectivity index (χ1n) is 8.48. The zero-order valence-electron chi connectivity index (χ0n) is 14.7. The topological polar surface area (TPSA) is 46.2 Å². The van der Waals surface area contributed by atoms with Crippen LogP contribution in [0.4, 0.5) is 0 Å². The maximum Gasteiger partial charge on any atom is 0.241 e. The zero-order valence-corrected chi connectivity index (χ0v) is 15.5. The van der Waals surface area contributed by atoms with E-state index < -0.39 is 10.0 Å². The number of fused-ring (bicyclic) bond motifs is 1. The van der Waals surface area contributed by atoms with Crippen LogP contribution in [0.3, 0.4) is 0 Å². The summed E-state index contributed by atoms with van der Waals surface area (Å²) in [6.45, 7) is 6.14. The third-order valence-corrected chi connectivity index (χ3v) is 6.00. The smallest absolute Gasteiger partial charge is 0.207 e. The maximum absolute atomic E-state index is 12.7. The molecule has 1 N–H and O–H groups in total. The van der Waals surface area contributed by atoms with Gasteiger partial charge in [0.25, 0.3) is 0 Å². The molecule has 0 saturated heterocycles. The number of rotatable bonds is 5. The van der Waals surface area contributed by atoms with E-state index in [4.69, 9.17) is 0 Å². The minimum Gasteiger partial charge on any atom is -0.207 e. The van der Waals surface area contributed by atoms with Crippen LogP contribution in [0.5, 0.6) is 0 Å². The molecule has 0 aliphatic heterocycles. The van der Waals surface area contributed by atoms with Gasteiger partial charge in [0, 0.05) is 6.04 Å². The Hall–Kier alpha value is -2.17. The molecule has 0 radical (unpaired) electrons. The Kier molecular flexibility index (Phi) is 4.93. The van der Waals surface area contributed by atoms with Gasteiger partial charge in [-0.25, -0.2) is 13.1 Å². The lowest BCUT2D eigenvalue weighted by Crippen LogP contribution is -2.26. The highest BCUT2D eigenvalue weighted by atomic mass is 32.2. The minimum absolute atomic E-state index is 0.289. The largest absolute Gasteiger partial charge is 0.241 e. The molecule has 0 spiro atoms. The first-order chi connectivity index (χ1) is 11.9. The van der Waals surface area contributed by atoms with E-state index in [1.165, 1.54) is 5.56 Å². The molecular formula is C21H23NO2S. The molecular weight excluding hydrogens is 330 g/mol. The van der Waals surface area contributed by atoms with E-state index in [9.17, 15) is 8.42 Å². The van der Waals surface area contributed by atoms with Crippen LogP contribution in [0.1, 0.15) is 43.9 Å². The van der Waals surface area contributed by atoms with Gasteiger partial charge in [-0.05, 0) is 46.9 Å². The van der Waals surface area contributed by atoms with Crippen LogP contribution in [0.15, 0.2) is 71.6 Å². The lowest BCUT2D eigenvalue weighted by atomic mass is 10.00. The molecule has 3 nitrogen and oxygen atoms in total. The Morgan fingerprint density at radius 2 is 1.36 bits per heavy atom. The van der Waals surface area contributed by atoms with Gasteiger partial charge in [0.1, 0.15) is 0 Å². The minimum atomic E-state index is -3.58. The van der Waals surface area contributed by atoms with E-state index >= 15 is 0 Å². The molecule has 0 amide bonds. The quantitative estimate of drug-likeness (QED) is 0.701. The predicted octanol–water partition coefficient (Wildman–Crippen LogP) is 5.00. The van der Waals surface area contributed by atoms with Crippen molar-refractivity contribution in [1.82, 2.24) is 4.72 Å². The third-order valence-electron chi connectivity index (χ3n) is 4.47. The number of benzene rings is 3. The van der Waals surface area contributed by atoms with E-state index in [0.29, 0.717) is 5.92 Å². The van der Waals surface area contributed by atoms with Crippen molar-refractivity contribution >= 4 is 20.8 Å². The SMILES string of the molecule is CC(C)c1ccc(C(C)NS(=O)(=O)c2ccc3ccccc3c2)cc1. The Morgan fingerprint density at radius 3 is 2.00 bits per heavy atom. The highest BCUT2D eigenvalue weighted by molar-refractivity contribution is 7.89. The normalized spacial score (nSPS) is 13.3. The van der Waals surface area contributed by atoms with E-state index in [2.05, 4.69) is 30.7 Å². The summed E-state index contributed by atoms with van der Waals surface area (Å²) in [5.74, 6) is 0.457. The summed E-state index contributed by atoms with van der Waals surface area (Å²) in [5.41, 5.74) is 2.20. The van der Waals surface area contributed by atoms with Crippen LogP contribution in [-0.2, 0) is 10.0 Å². The summed E-state index contributed by atoms with van der Waals surface area (Å²) in [4.78, 5) is 0.289. The Balaban J connectivity index is 1.84. The van der Waals surface area contributed by atoms with Crippen molar-refractivity contribution in [2.75, 3.05) is 0 Å². The Labute approximate surface area is 149 Å². The number of nitrogens with one attached hydrogen (secondary N) is 1. The molecule has 25 heavy (non-hydrogen) atoms. The van der Waals surface area contributed by atoms with E-state index in [1.54, 1.807) is 12.1 Å². The summed E-state index contributed by atoms with van der Waals surface area (Å²) in [5, 5.41) is 1.94. The van der Waals surface area contributed by atoms with Crippen LogP contribution < -0.4 is 4.72 Å². The predicted molar refractivity (Wildman–Crippen MR) is 103 cm³/mol. The van der Waals surface area contributed by atoms with Crippen LogP contribution in [0, 0.1) is 0 Å². The number of sulfonamides is 1. The molecule has 3 aromatic carbocycles. The molecule has 0 saturated carbocycles. The molecule has 130 valence electrons.